The molecule has 3 rings (SSSR count). The first-order valence-corrected chi connectivity index (χ1v) is 8.56. The minimum Gasteiger partial charge on any atom is -0.344 e. The molecule has 0 aliphatic rings. The van der Waals surface area contributed by atoms with Gasteiger partial charge in [0, 0.05) is 0 Å². The first kappa shape index (κ1) is 15.5. The minimum atomic E-state index is -0.0346. The summed E-state index contributed by atoms with van der Waals surface area (Å²) >= 11 is 1.49. The lowest BCUT2D eigenvalue weighted by atomic mass is 9.98. The zero-order valence-corrected chi connectivity index (χ0v) is 13.8. The second kappa shape index (κ2) is 7.25. The molecular formula is C20H19NOS. The summed E-state index contributed by atoms with van der Waals surface area (Å²) in [6, 6.07) is 22.3. The summed E-state index contributed by atoms with van der Waals surface area (Å²) in [5.41, 5.74) is 3.36. The van der Waals surface area contributed by atoms with Crippen molar-refractivity contribution in [2.75, 3.05) is 0 Å². The maximum absolute atomic E-state index is 12.6. The highest BCUT2D eigenvalue weighted by atomic mass is 32.1. The molecule has 0 bridgehead atoms. The van der Waals surface area contributed by atoms with Crippen LogP contribution in [0, 0.1) is 6.92 Å². The van der Waals surface area contributed by atoms with Crippen LogP contribution in [0.25, 0.3) is 0 Å². The van der Waals surface area contributed by atoms with Gasteiger partial charge >= 0.3 is 0 Å². The van der Waals surface area contributed by atoms with Gasteiger partial charge in [0.1, 0.15) is 0 Å². The molecule has 116 valence electrons. The van der Waals surface area contributed by atoms with E-state index in [9.17, 15) is 4.79 Å². The zero-order valence-electron chi connectivity index (χ0n) is 13.0. The predicted octanol–water partition coefficient (Wildman–Crippen LogP) is 4.77. The van der Waals surface area contributed by atoms with E-state index in [2.05, 4.69) is 29.6 Å². The van der Waals surface area contributed by atoms with Gasteiger partial charge in [-0.2, -0.15) is 0 Å². The SMILES string of the molecule is Cc1ccsc1C(=O)NC(Cc1ccccc1)c1ccccc1. The smallest absolute Gasteiger partial charge is 0.262 e. The van der Waals surface area contributed by atoms with E-state index < -0.39 is 0 Å². The Hall–Kier alpha value is -2.39. The van der Waals surface area contributed by atoms with Crippen molar-refractivity contribution in [3.05, 3.63) is 93.7 Å². The molecule has 3 heteroatoms. The third kappa shape index (κ3) is 3.88. The van der Waals surface area contributed by atoms with Crippen LogP contribution in [-0.4, -0.2) is 5.91 Å². The molecule has 23 heavy (non-hydrogen) atoms. The Labute approximate surface area is 140 Å². The number of nitrogens with one attached hydrogen (secondary N) is 1. The summed E-state index contributed by atoms with van der Waals surface area (Å²) in [4.78, 5) is 13.4. The molecule has 1 unspecified atom stereocenters. The zero-order chi connectivity index (χ0) is 16.1. The predicted molar refractivity (Wildman–Crippen MR) is 95.9 cm³/mol. The largest absolute Gasteiger partial charge is 0.344 e. The molecule has 0 aliphatic heterocycles. The van der Waals surface area contributed by atoms with Gasteiger partial charge in [0.25, 0.3) is 5.91 Å². The number of thiophene rings is 1. The van der Waals surface area contributed by atoms with Crippen LogP contribution in [0.4, 0.5) is 0 Å². The Bertz CT molecular complexity index is 765. The van der Waals surface area contributed by atoms with Gasteiger partial charge in [-0.1, -0.05) is 60.7 Å². The second-order valence-corrected chi connectivity index (χ2v) is 6.48. The molecule has 0 saturated heterocycles. The van der Waals surface area contributed by atoms with E-state index >= 15 is 0 Å². The van der Waals surface area contributed by atoms with Crippen LogP contribution in [0.3, 0.4) is 0 Å². The Morgan fingerprint density at radius 3 is 2.26 bits per heavy atom. The maximum Gasteiger partial charge on any atom is 0.262 e. The number of rotatable bonds is 5. The highest BCUT2D eigenvalue weighted by Gasteiger charge is 2.18. The molecule has 1 atom stereocenters. The molecule has 0 spiro atoms. The monoisotopic (exact) mass is 321 g/mol. The number of hydrogen-bond donors (Lipinski definition) is 1. The summed E-state index contributed by atoms with van der Waals surface area (Å²) in [5, 5.41) is 5.15. The van der Waals surface area contributed by atoms with E-state index in [4.69, 9.17) is 0 Å². The van der Waals surface area contributed by atoms with Gasteiger partial charge in [-0.15, -0.1) is 11.3 Å². The van der Waals surface area contributed by atoms with Gasteiger partial charge in [0.2, 0.25) is 0 Å². The third-order valence-electron chi connectivity index (χ3n) is 3.86. The van der Waals surface area contributed by atoms with Crippen molar-refractivity contribution >= 4 is 17.2 Å². The van der Waals surface area contributed by atoms with Crippen molar-refractivity contribution in [3.63, 3.8) is 0 Å². The average molecular weight is 321 g/mol. The van der Waals surface area contributed by atoms with Gasteiger partial charge < -0.3 is 5.32 Å². The number of hydrogen-bond acceptors (Lipinski definition) is 2. The molecular weight excluding hydrogens is 302 g/mol. The lowest BCUT2D eigenvalue weighted by molar-refractivity contribution is 0.0940. The van der Waals surface area contributed by atoms with Gasteiger partial charge in [-0.05, 0) is 41.5 Å². The van der Waals surface area contributed by atoms with Gasteiger partial charge in [0.05, 0.1) is 10.9 Å². The Balaban J connectivity index is 1.83. The molecule has 0 aliphatic carbocycles. The number of benzene rings is 2. The van der Waals surface area contributed by atoms with E-state index in [0.717, 1.165) is 22.4 Å². The molecule has 3 aromatic rings. The molecule has 1 heterocycles. The van der Waals surface area contributed by atoms with Crippen molar-refractivity contribution in [2.24, 2.45) is 0 Å². The molecule has 0 saturated carbocycles. The molecule has 1 amide bonds. The summed E-state index contributed by atoms with van der Waals surface area (Å²) in [6.45, 7) is 1.97. The third-order valence-corrected chi connectivity index (χ3v) is 4.87. The first-order chi connectivity index (χ1) is 11.2. The van der Waals surface area contributed by atoms with E-state index in [0.29, 0.717) is 0 Å². The van der Waals surface area contributed by atoms with Gasteiger partial charge in [-0.25, -0.2) is 0 Å². The molecule has 0 radical (unpaired) electrons. The van der Waals surface area contributed by atoms with Crippen LogP contribution in [0.2, 0.25) is 0 Å². The topological polar surface area (TPSA) is 29.1 Å². The highest BCUT2D eigenvalue weighted by molar-refractivity contribution is 7.12. The van der Waals surface area contributed by atoms with Crippen molar-refractivity contribution < 1.29 is 4.79 Å². The Morgan fingerprint density at radius 2 is 1.65 bits per heavy atom. The van der Waals surface area contributed by atoms with E-state index in [-0.39, 0.29) is 11.9 Å². The van der Waals surface area contributed by atoms with E-state index in [1.165, 1.54) is 16.9 Å². The lowest BCUT2D eigenvalue weighted by Crippen LogP contribution is -2.29. The summed E-state index contributed by atoms with van der Waals surface area (Å²) in [7, 11) is 0. The standard InChI is InChI=1S/C20H19NOS/c1-15-12-13-23-19(15)20(22)21-18(17-10-6-3-7-11-17)14-16-8-4-2-5-9-16/h2-13,18H,14H2,1H3,(H,21,22). The normalized spacial score (nSPS) is 11.9. The van der Waals surface area contributed by atoms with Crippen LogP contribution in [0.1, 0.15) is 32.4 Å². The summed E-state index contributed by atoms with van der Waals surface area (Å²) in [6.07, 6.45) is 0.779. The van der Waals surface area contributed by atoms with Crippen LogP contribution in [0.15, 0.2) is 72.1 Å². The average Bonchev–Trinajstić information content (AvgIpc) is 3.02. The van der Waals surface area contributed by atoms with Crippen molar-refractivity contribution in [1.82, 2.24) is 5.32 Å². The van der Waals surface area contributed by atoms with Crippen LogP contribution < -0.4 is 5.32 Å². The summed E-state index contributed by atoms with van der Waals surface area (Å²) in [5.74, 6) is 0.00211. The second-order valence-electron chi connectivity index (χ2n) is 5.56. The van der Waals surface area contributed by atoms with Crippen molar-refractivity contribution in [3.8, 4) is 0 Å². The number of carbonyl (C=O) groups excluding carboxylic acids is 1. The highest BCUT2D eigenvalue weighted by Crippen LogP contribution is 2.21. The van der Waals surface area contributed by atoms with Crippen LogP contribution >= 0.6 is 11.3 Å². The molecule has 1 aromatic heterocycles. The number of amides is 1. The molecule has 1 N–H and O–H groups in total. The van der Waals surface area contributed by atoms with E-state index in [1.807, 2.05) is 54.8 Å². The molecule has 2 nitrogen and oxygen atoms in total. The van der Waals surface area contributed by atoms with Gasteiger partial charge in [-0.3, -0.25) is 4.79 Å². The number of aryl methyl sites for hydroxylation is 1. The molecule has 0 fully saturated rings. The number of carbonyl (C=O) groups is 1. The van der Waals surface area contributed by atoms with Crippen molar-refractivity contribution in [1.29, 1.82) is 0 Å². The van der Waals surface area contributed by atoms with Gasteiger partial charge in [0.15, 0.2) is 0 Å². The minimum absolute atomic E-state index is 0.00211. The van der Waals surface area contributed by atoms with Crippen molar-refractivity contribution in [2.45, 2.75) is 19.4 Å². The Morgan fingerprint density at radius 1 is 1.00 bits per heavy atom. The fraction of sp³-hybridized carbons (Fsp3) is 0.150. The fourth-order valence-electron chi connectivity index (χ4n) is 2.62. The molecule has 2 aromatic carbocycles. The van der Waals surface area contributed by atoms with Crippen LogP contribution in [0.5, 0.6) is 0 Å². The summed E-state index contributed by atoms with van der Waals surface area (Å²) < 4.78 is 0. The van der Waals surface area contributed by atoms with E-state index in [1.54, 1.807) is 0 Å². The Kier molecular flexibility index (Phi) is 4.89. The maximum atomic E-state index is 12.6. The lowest BCUT2D eigenvalue weighted by Gasteiger charge is -2.19. The fourth-order valence-corrected chi connectivity index (χ4v) is 3.44. The quantitative estimate of drug-likeness (QED) is 0.720. The first-order valence-electron chi connectivity index (χ1n) is 7.68. The van der Waals surface area contributed by atoms with Crippen LogP contribution in [-0.2, 0) is 6.42 Å².